The van der Waals surface area contributed by atoms with Crippen LogP contribution in [0, 0.1) is 40.4 Å². The zero-order valence-electron chi connectivity index (χ0n) is 24.0. The molecule has 0 amide bonds. The fourth-order valence-electron chi connectivity index (χ4n) is 11.1. The van der Waals surface area contributed by atoms with Gasteiger partial charge in [-0.15, -0.1) is 9.48 Å². The topological polar surface area (TPSA) is 57.1 Å². The van der Waals surface area contributed by atoms with Gasteiger partial charge in [0.15, 0.2) is 0 Å². The van der Waals surface area contributed by atoms with Gasteiger partial charge in [0.25, 0.3) is 0 Å². The fourth-order valence-corrected chi connectivity index (χ4v) is 11.1. The first-order chi connectivity index (χ1) is 18.4. The molecule has 5 fully saturated rings. The van der Waals surface area contributed by atoms with Gasteiger partial charge in [0.05, 0.1) is 12.1 Å². The van der Waals surface area contributed by atoms with E-state index in [1.807, 2.05) is 0 Å². The average molecular weight is 523 g/mol. The van der Waals surface area contributed by atoms with Gasteiger partial charge in [0, 0.05) is 11.8 Å². The molecule has 4 unspecified atom stereocenters. The molecule has 0 aliphatic heterocycles. The lowest BCUT2D eigenvalue weighted by Gasteiger charge is -2.58. The minimum absolute atomic E-state index is 0.0618. The van der Waals surface area contributed by atoms with Crippen molar-refractivity contribution >= 4 is 5.78 Å². The highest BCUT2D eigenvalue weighted by atomic mass is 16.6. The number of carbonyl (C=O) groups excluding carboxylic acids is 1. The second kappa shape index (κ2) is 9.54. The summed E-state index contributed by atoms with van der Waals surface area (Å²) in [5.74, 6) is 3.43. The third-order valence-electron chi connectivity index (χ3n) is 13.3. The Morgan fingerprint density at radius 1 is 0.816 bits per heavy atom. The molecule has 0 spiro atoms. The Morgan fingerprint density at radius 2 is 1.55 bits per heavy atom. The molecule has 5 saturated carbocycles. The van der Waals surface area contributed by atoms with Crippen LogP contribution < -0.4 is 5.69 Å². The quantitative estimate of drug-likeness (QED) is 0.376. The van der Waals surface area contributed by atoms with E-state index in [-0.39, 0.29) is 35.0 Å². The standard InChI is InChI=1S/C33H50N2O3/c1-32-20-7-6-8-23(32)13-16-26-27-17-18-29(33(27,2)21-19-28(26)32)30(36)22-11-14-25(15-12-22)35-31(37)34(38-35)24-9-4-3-5-10-24/h8,22,24-29H,3-7,9-21H2,1-2H3/t22?,25?,26?,27?,28?,29?,32-,33-/m0/s1. The molecule has 0 N–H and O–H groups in total. The average Bonchev–Trinajstić information content (AvgIpc) is 3.29. The summed E-state index contributed by atoms with van der Waals surface area (Å²) in [5, 5.41) is 0. The number of allylic oxidation sites excluding steroid dienone is 2. The van der Waals surface area contributed by atoms with Crippen molar-refractivity contribution in [3.8, 4) is 0 Å². The lowest BCUT2D eigenvalue weighted by molar-refractivity contribution is -0.135. The molecule has 0 radical (unpaired) electrons. The van der Waals surface area contributed by atoms with Crippen molar-refractivity contribution in [2.45, 2.75) is 142 Å². The van der Waals surface area contributed by atoms with E-state index in [0.29, 0.717) is 11.2 Å². The van der Waals surface area contributed by atoms with Crippen LogP contribution in [0.2, 0.25) is 0 Å². The van der Waals surface area contributed by atoms with Gasteiger partial charge in [-0.1, -0.05) is 44.8 Å². The van der Waals surface area contributed by atoms with Crippen molar-refractivity contribution in [3.63, 3.8) is 0 Å². The molecule has 6 aliphatic rings. The van der Waals surface area contributed by atoms with Gasteiger partial charge in [-0.2, -0.15) is 0 Å². The van der Waals surface area contributed by atoms with E-state index in [0.717, 1.165) is 62.7 Å². The Hall–Kier alpha value is -1.52. The van der Waals surface area contributed by atoms with E-state index in [2.05, 4.69) is 19.9 Å². The maximum Gasteiger partial charge on any atom is 0.390 e. The number of aromatic nitrogens is 2. The summed E-state index contributed by atoms with van der Waals surface area (Å²) in [6, 6.07) is 0.415. The van der Waals surface area contributed by atoms with E-state index < -0.39 is 0 Å². The van der Waals surface area contributed by atoms with Gasteiger partial charge < -0.3 is 0 Å². The molecule has 1 aromatic rings. The predicted octanol–water partition coefficient (Wildman–Crippen LogP) is 8.02. The summed E-state index contributed by atoms with van der Waals surface area (Å²) in [4.78, 5) is 26.9. The molecular weight excluding hydrogens is 472 g/mol. The summed E-state index contributed by atoms with van der Waals surface area (Å²) in [6.07, 6.45) is 23.8. The van der Waals surface area contributed by atoms with Crippen LogP contribution in [-0.2, 0) is 4.79 Å². The van der Waals surface area contributed by atoms with Crippen molar-refractivity contribution in [1.29, 1.82) is 0 Å². The van der Waals surface area contributed by atoms with Crippen molar-refractivity contribution in [3.05, 3.63) is 22.1 Å². The summed E-state index contributed by atoms with van der Waals surface area (Å²) in [5.41, 5.74) is 2.49. The van der Waals surface area contributed by atoms with Crippen LogP contribution in [-0.4, -0.2) is 15.3 Å². The van der Waals surface area contributed by atoms with Crippen LogP contribution in [0.3, 0.4) is 0 Å². The van der Waals surface area contributed by atoms with Gasteiger partial charge in [-0.3, -0.25) is 9.42 Å². The highest BCUT2D eigenvalue weighted by Crippen LogP contribution is 2.67. The Labute approximate surface area is 228 Å². The predicted molar refractivity (Wildman–Crippen MR) is 149 cm³/mol. The summed E-state index contributed by atoms with van der Waals surface area (Å²) >= 11 is 0. The van der Waals surface area contributed by atoms with Crippen LogP contribution in [0.25, 0.3) is 0 Å². The van der Waals surface area contributed by atoms with Crippen LogP contribution in [0.1, 0.15) is 142 Å². The van der Waals surface area contributed by atoms with Crippen LogP contribution in [0.15, 0.2) is 21.1 Å². The molecule has 7 rings (SSSR count). The second-order valence-electron chi connectivity index (χ2n) is 14.8. The monoisotopic (exact) mass is 522 g/mol. The number of ketones is 1. The largest absolute Gasteiger partial charge is 0.390 e. The molecule has 210 valence electrons. The van der Waals surface area contributed by atoms with E-state index >= 15 is 0 Å². The highest BCUT2D eigenvalue weighted by molar-refractivity contribution is 5.84. The Morgan fingerprint density at radius 3 is 2.29 bits per heavy atom. The SMILES string of the molecule is C[C@]12CCC3C(CCC4=CCCC[C@@]43C)C1CCC2C(=O)C1CCC(n2on(C3CCCCC3)c2=O)CC1. The molecule has 1 heterocycles. The van der Waals surface area contributed by atoms with Crippen LogP contribution in [0.5, 0.6) is 0 Å². The molecule has 5 nitrogen and oxygen atoms in total. The van der Waals surface area contributed by atoms with Crippen LogP contribution >= 0.6 is 0 Å². The molecule has 1 aromatic heterocycles. The maximum absolute atomic E-state index is 14.1. The van der Waals surface area contributed by atoms with Gasteiger partial charge in [0.2, 0.25) is 0 Å². The third-order valence-corrected chi connectivity index (χ3v) is 13.3. The summed E-state index contributed by atoms with van der Waals surface area (Å²) < 4.78 is 9.22. The lowest BCUT2D eigenvalue weighted by atomic mass is 9.46. The van der Waals surface area contributed by atoms with Gasteiger partial charge in [-0.05, 0) is 125 Å². The zero-order chi connectivity index (χ0) is 26.1. The first-order valence-corrected chi connectivity index (χ1v) is 16.4. The van der Waals surface area contributed by atoms with Gasteiger partial charge in [-0.25, -0.2) is 4.79 Å². The normalized spacial score (nSPS) is 43.7. The Bertz CT molecular complexity index is 1130. The first kappa shape index (κ1) is 25.4. The van der Waals surface area contributed by atoms with E-state index in [1.54, 1.807) is 15.1 Å². The molecule has 6 aliphatic carbocycles. The molecule has 38 heavy (non-hydrogen) atoms. The summed E-state index contributed by atoms with van der Waals surface area (Å²) in [7, 11) is 0. The number of fused-ring (bicyclic) bond motifs is 5. The first-order valence-electron chi connectivity index (χ1n) is 16.4. The van der Waals surface area contributed by atoms with Crippen molar-refractivity contribution in [2.75, 3.05) is 0 Å². The highest BCUT2D eigenvalue weighted by Gasteiger charge is 2.60. The molecule has 6 atom stereocenters. The van der Waals surface area contributed by atoms with E-state index in [9.17, 15) is 9.59 Å². The fraction of sp³-hybridized carbons (Fsp3) is 0.879. The third kappa shape index (κ3) is 3.83. The van der Waals surface area contributed by atoms with Crippen molar-refractivity contribution in [1.82, 2.24) is 9.48 Å². The zero-order valence-corrected chi connectivity index (χ0v) is 24.0. The van der Waals surface area contributed by atoms with E-state index in [4.69, 9.17) is 4.63 Å². The smallest absolute Gasteiger partial charge is 0.299 e. The number of Topliss-reactive ketones (excluding diaryl/α,β-unsaturated/α-hetero) is 1. The molecular formula is C33H50N2O3. The number of carbonyl (C=O) groups is 1. The minimum atomic E-state index is 0.0618. The van der Waals surface area contributed by atoms with Crippen molar-refractivity contribution in [2.24, 2.45) is 40.4 Å². The Balaban J connectivity index is 0.998. The second-order valence-corrected chi connectivity index (χ2v) is 14.8. The minimum Gasteiger partial charge on any atom is -0.299 e. The number of hydrogen-bond donors (Lipinski definition) is 0. The van der Waals surface area contributed by atoms with Gasteiger partial charge >= 0.3 is 5.69 Å². The van der Waals surface area contributed by atoms with E-state index in [1.165, 1.54) is 70.6 Å². The summed E-state index contributed by atoms with van der Waals surface area (Å²) in [6.45, 7) is 5.10. The lowest BCUT2D eigenvalue weighted by Crippen LogP contribution is -2.51. The molecule has 0 saturated heterocycles. The molecule has 0 aromatic carbocycles. The van der Waals surface area contributed by atoms with Gasteiger partial charge in [0.1, 0.15) is 5.78 Å². The number of nitrogens with zero attached hydrogens (tertiary/aromatic N) is 2. The Kier molecular flexibility index (Phi) is 6.39. The number of hydrogen-bond acceptors (Lipinski definition) is 3. The number of rotatable bonds is 4. The maximum atomic E-state index is 14.1. The van der Waals surface area contributed by atoms with Crippen molar-refractivity contribution < 1.29 is 9.42 Å². The molecule has 5 heteroatoms. The molecule has 0 bridgehead atoms. The van der Waals surface area contributed by atoms with Crippen LogP contribution in [0.4, 0.5) is 0 Å².